The average molecular weight is 429 g/mol. The number of sulfone groups is 1. The quantitative estimate of drug-likeness (QED) is 0.625. The van der Waals surface area contributed by atoms with E-state index in [1.165, 1.54) is 5.56 Å². The number of hydrogen-bond acceptors (Lipinski definition) is 5. The van der Waals surface area contributed by atoms with Gasteiger partial charge < -0.3 is 14.4 Å². The molecule has 0 bridgehead atoms. The lowest BCUT2D eigenvalue weighted by molar-refractivity contribution is 0.0922. The van der Waals surface area contributed by atoms with Crippen molar-refractivity contribution in [2.45, 2.75) is 39.3 Å². The summed E-state index contributed by atoms with van der Waals surface area (Å²) in [6.45, 7) is 4.55. The molecule has 30 heavy (non-hydrogen) atoms. The Balaban J connectivity index is 1.50. The zero-order valence-electron chi connectivity index (χ0n) is 17.4. The van der Waals surface area contributed by atoms with Gasteiger partial charge in [0, 0.05) is 6.42 Å². The lowest BCUT2D eigenvalue weighted by atomic mass is 10.1. The van der Waals surface area contributed by atoms with E-state index in [4.69, 9.17) is 9.72 Å². The van der Waals surface area contributed by atoms with Crippen molar-refractivity contribution in [3.8, 4) is 5.75 Å². The molecule has 7 heteroatoms. The van der Waals surface area contributed by atoms with Crippen LogP contribution >= 0.6 is 0 Å². The van der Waals surface area contributed by atoms with Crippen molar-refractivity contribution in [1.29, 1.82) is 0 Å². The molecule has 0 amide bonds. The van der Waals surface area contributed by atoms with Crippen LogP contribution in [-0.4, -0.2) is 47.3 Å². The highest BCUT2D eigenvalue weighted by atomic mass is 32.2. The maximum Gasteiger partial charge on any atom is 0.150 e. The van der Waals surface area contributed by atoms with Gasteiger partial charge in [-0.25, -0.2) is 13.4 Å². The first-order valence-corrected chi connectivity index (χ1v) is 12.2. The molecule has 1 aliphatic rings. The Morgan fingerprint density at radius 3 is 2.77 bits per heavy atom. The van der Waals surface area contributed by atoms with Crippen LogP contribution in [0.5, 0.6) is 5.75 Å². The van der Waals surface area contributed by atoms with Gasteiger partial charge in [-0.05, 0) is 49.9 Å². The number of aliphatic hydroxyl groups is 1. The topological polar surface area (TPSA) is 81.4 Å². The molecule has 0 spiro atoms. The summed E-state index contributed by atoms with van der Waals surface area (Å²) in [5.74, 6) is 2.14. The summed E-state index contributed by atoms with van der Waals surface area (Å²) in [4.78, 5) is 4.74. The Hall–Kier alpha value is -2.38. The summed E-state index contributed by atoms with van der Waals surface area (Å²) in [5, 5.41) is 10.7. The number of aromatic nitrogens is 2. The van der Waals surface area contributed by atoms with Gasteiger partial charge in [0.2, 0.25) is 0 Å². The van der Waals surface area contributed by atoms with E-state index in [0.717, 1.165) is 28.2 Å². The van der Waals surface area contributed by atoms with E-state index in [0.29, 0.717) is 19.4 Å². The molecule has 6 nitrogen and oxygen atoms in total. The van der Waals surface area contributed by atoms with Gasteiger partial charge >= 0.3 is 0 Å². The van der Waals surface area contributed by atoms with E-state index in [1.54, 1.807) is 0 Å². The van der Waals surface area contributed by atoms with Gasteiger partial charge in [0.25, 0.3) is 0 Å². The fraction of sp³-hybridized carbons (Fsp3) is 0.435. The zero-order chi connectivity index (χ0) is 21.3. The summed E-state index contributed by atoms with van der Waals surface area (Å²) < 4.78 is 31.6. The van der Waals surface area contributed by atoms with E-state index in [2.05, 4.69) is 6.07 Å². The summed E-state index contributed by atoms with van der Waals surface area (Å²) in [6, 6.07) is 13.8. The monoisotopic (exact) mass is 428 g/mol. The highest BCUT2D eigenvalue weighted by Gasteiger charge is 2.29. The molecule has 4 rings (SSSR count). The maximum absolute atomic E-state index is 11.9. The Morgan fingerprint density at radius 2 is 2.03 bits per heavy atom. The average Bonchev–Trinajstić information content (AvgIpc) is 3.20. The van der Waals surface area contributed by atoms with Crippen molar-refractivity contribution in [1.82, 2.24) is 9.55 Å². The molecule has 0 aliphatic carbocycles. The van der Waals surface area contributed by atoms with Crippen molar-refractivity contribution in [2.75, 3.05) is 18.1 Å². The summed E-state index contributed by atoms with van der Waals surface area (Å²) in [6.07, 6.45) is 0.553. The maximum atomic E-state index is 11.9. The van der Waals surface area contributed by atoms with Crippen LogP contribution in [0.1, 0.15) is 23.4 Å². The van der Waals surface area contributed by atoms with Gasteiger partial charge in [-0.1, -0.05) is 29.8 Å². The van der Waals surface area contributed by atoms with Crippen LogP contribution in [0.25, 0.3) is 11.0 Å². The highest BCUT2D eigenvalue weighted by Crippen LogP contribution is 2.25. The third kappa shape index (κ3) is 4.68. The first kappa shape index (κ1) is 20.9. The lowest BCUT2D eigenvalue weighted by Gasteiger charge is -2.17. The van der Waals surface area contributed by atoms with Crippen LogP contribution < -0.4 is 4.74 Å². The standard InChI is InChI=1S/C23H28N2O4S/c1-16-7-8-22(17(2)11-16)29-14-19(26)13-25-21-6-4-3-5-20(21)24-23(25)12-18-9-10-30(27,28)15-18/h3-8,11,18-19,26H,9-10,12-15H2,1-2H3. The van der Waals surface area contributed by atoms with Gasteiger partial charge in [-0.2, -0.15) is 0 Å². The number of benzene rings is 2. The number of aliphatic hydroxyl groups excluding tert-OH is 1. The Morgan fingerprint density at radius 1 is 1.23 bits per heavy atom. The Kier molecular flexibility index (Phi) is 5.84. The molecule has 2 atom stereocenters. The molecular formula is C23H28N2O4S. The van der Waals surface area contributed by atoms with E-state index in [-0.39, 0.29) is 24.0 Å². The normalized spacial score (nSPS) is 19.2. The smallest absolute Gasteiger partial charge is 0.150 e. The van der Waals surface area contributed by atoms with E-state index in [9.17, 15) is 13.5 Å². The summed E-state index contributed by atoms with van der Waals surface area (Å²) >= 11 is 0. The molecule has 1 fully saturated rings. The number of para-hydroxylation sites is 2. The van der Waals surface area contributed by atoms with Gasteiger partial charge in [0.05, 0.1) is 29.1 Å². The molecule has 2 unspecified atom stereocenters. The molecule has 1 saturated heterocycles. The van der Waals surface area contributed by atoms with Crippen LogP contribution in [0.3, 0.4) is 0 Å². The van der Waals surface area contributed by atoms with Gasteiger partial charge in [0.1, 0.15) is 24.3 Å². The minimum Gasteiger partial charge on any atom is -0.491 e. The first-order chi connectivity index (χ1) is 14.3. The number of fused-ring (bicyclic) bond motifs is 1. The predicted molar refractivity (Wildman–Crippen MR) is 118 cm³/mol. The SMILES string of the molecule is Cc1ccc(OCC(O)Cn2c(CC3CCS(=O)(=O)C3)nc3ccccc32)c(C)c1. The molecule has 1 aromatic heterocycles. The molecule has 160 valence electrons. The molecule has 2 aromatic carbocycles. The molecule has 3 aromatic rings. The van der Waals surface area contributed by atoms with Gasteiger partial charge in [-0.3, -0.25) is 0 Å². The van der Waals surface area contributed by atoms with Crippen molar-refractivity contribution in [3.05, 3.63) is 59.4 Å². The summed E-state index contributed by atoms with van der Waals surface area (Å²) in [7, 11) is -2.93. The van der Waals surface area contributed by atoms with Gasteiger partial charge in [-0.15, -0.1) is 0 Å². The number of nitrogens with zero attached hydrogens (tertiary/aromatic N) is 2. The van der Waals surface area contributed by atoms with E-state index in [1.807, 2.05) is 54.8 Å². The van der Waals surface area contributed by atoms with Crippen molar-refractivity contribution < 1.29 is 18.3 Å². The molecular weight excluding hydrogens is 400 g/mol. The predicted octanol–water partition coefficient (Wildman–Crippen LogP) is 3.07. The molecule has 1 aliphatic heterocycles. The van der Waals surface area contributed by atoms with Gasteiger partial charge in [0.15, 0.2) is 9.84 Å². The van der Waals surface area contributed by atoms with Crippen LogP contribution in [0, 0.1) is 19.8 Å². The first-order valence-electron chi connectivity index (χ1n) is 10.3. The van der Waals surface area contributed by atoms with Crippen LogP contribution in [0.4, 0.5) is 0 Å². The van der Waals surface area contributed by atoms with E-state index >= 15 is 0 Å². The molecule has 2 heterocycles. The van der Waals surface area contributed by atoms with Crippen LogP contribution in [0.15, 0.2) is 42.5 Å². The highest BCUT2D eigenvalue weighted by molar-refractivity contribution is 7.91. The van der Waals surface area contributed by atoms with E-state index < -0.39 is 15.9 Å². The number of imidazole rings is 1. The molecule has 0 saturated carbocycles. The number of aryl methyl sites for hydroxylation is 2. The largest absolute Gasteiger partial charge is 0.491 e. The second-order valence-electron chi connectivity index (χ2n) is 8.33. The minimum absolute atomic E-state index is 0.0779. The number of ether oxygens (including phenoxy) is 1. The molecule has 1 N–H and O–H groups in total. The fourth-order valence-corrected chi connectivity index (χ4v) is 6.05. The van der Waals surface area contributed by atoms with Crippen LogP contribution in [0.2, 0.25) is 0 Å². The second-order valence-corrected chi connectivity index (χ2v) is 10.6. The third-order valence-electron chi connectivity index (χ3n) is 5.69. The zero-order valence-corrected chi connectivity index (χ0v) is 18.2. The Labute approximate surface area is 177 Å². The summed E-state index contributed by atoms with van der Waals surface area (Å²) in [5.41, 5.74) is 4.01. The second kappa shape index (κ2) is 8.40. The van der Waals surface area contributed by atoms with Crippen LogP contribution in [-0.2, 0) is 22.8 Å². The fourth-order valence-electron chi connectivity index (χ4n) is 4.19. The lowest BCUT2D eigenvalue weighted by Crippen LogP contribution is -2.25. The number of hydrogen-bond donors (Lipinski definition) is 1. The number of rotatable bonds is 7. The van der Waals surface area contributed by atoms with Crippen molar-refractivity contribution in [2.24, 2.45) is 5.92 Å². The van der Waals surface area contributed by atoms with Crippen molar-refractivity contribution >= 4 is 20.9 Å². The minimum atomic E-state index is -2.93. The third-order valence-corrected chi connectivity index (χ3v) is 7.52. The Bertz CT molecular complexity index is 1150. The molecule has 0 radical (unpaired) electrons. The van der Waals surface area contributed by atoms with Crippen molar-refractivity contribution in [3.63, 3.8) is 0 Å².